The molecule has 0 N–H and O–H groups in total. The lowest BCUT2D eigenvalue weighted by Gasteiger charge is -2.07. The van der Waals surface area contributed by atoms with Crippen LogP contribution in [0.5, 0.6) is 5.75 Å². The lowest BCUT2D eigenvalue weighted by Crippen LogP contribution is -2.11. The Morgan fingerprint density at radius 2 is 1.29 bits per heavy atom. The van der Waals surface area contributed by atoms with Crippen LogP contribution in [0.2, 0.25) is 0 Å². The van der Waals surface area contributed by atoms with Gasteiger partial charge in [0.2, 0.25) is 17.4 Å². The highest BCUT2D eigenvalue weighted by Crippen LogP contribution is 2.26. The third-order valence-corrected chi connectivity index (χ3v) is 3.52. The molecule has 0 fully saturated rings. The first kappa shape index (κ1) is 23.4. The normalized spacial score (nSPS) is 12.2. The first-order valence-corrected chi connectivity index (χ1v) is 9.11. The first-order chi connectivity index (χ1) is 13.5. The van der Waals surface area contributed by atoms with Crippen molar-refractivity contribution in [2.24, 2.45) is 0 Å². The molecule has 0 aliphatic rings. The van der Waals surface area contributed by atoms with E-state index < -0.39 is 35.0 Å². The highest BCUT2D eigenvalue weighted by atomic mass is 19.2. The Kier molecular flexibility index (Phi) is 11.3. The molecule has 2 nitrogen and oxygen atoms in total. The molecule has 0 saturated carbocycles. The van der Waals surface area contributed by atoms with E-state index in [9.17, 15) is 22.4 Å². The number of carbonyl (C=O) groups excluding carboxylic acids is 1. The second kappa shape index (κ2) is 13.5. The van der Waals surface area contributed by atoms with E-state index in [1.807, 2.05) is 18.2 Å². The number of benzene rings is 1. The quantitative estimate of drug-likeness (QED) is 0.136. The van der Waals surface area contributed by atoms with Crippen molar-refractivity contribution in [3.05, 3.63) is 77.9 Å². The van der Waals surface area contributed by atoms with E-state index in [-0.39, 0.29) is 18.9 Å². The summed E-state index contributed by atoms with van der Waals surface area (Å²) in [5, 5.41) is 0. The van der Waals surface area contributed by atoms with E-state index in [4.69, 9.17) is 0 Å². The first-order valence-electron chi connectivity index (χ1n) is 9.11. The van der Waals surface area contributed by atoms with Crippen molar-refractivity contribution >= 4 is 5.97 Å². The van der Waals surface area contributed by atoms with Gasteiger partial charge in [0.15, 0.2) is 11.6 Å². The highest BCUT2D eigenvalue weighted by Gasteiger charge is 2.22. The summed E-state index contributed by atoms with van der Waals surface area (Å²) in [4.78, 5) is 11.6. The maximum absolute atomic E-state index is 13.4. The summed E-state index contributed by atoms with van der Waals surface area (Å²) in [5.74, 6) is -9.05. The number of carbonyl (C=O) groups is 1. The van der Waals surface area contributed by atoms with Crippen molar-refractivity contribution in [2.75, 3.05) is 0 Å². The standard InChI is InChI=1S/C22H24F4O2/c1-2-3-4-5-6-7-8-9-10-11-12-13-14-15-19(27)28-22-20(25)17(23)16-18(24)21(22)26/h3-4,6-7,9-10,12-13,16H,2,5,8,11,14-15H2,1H3/b4-3-,7-6-,10-9-,13-12-. The van der Waals surface area contributed by atoms with Crippen molar-refractivity contribution in [1.29, 1.82) is 0 Å². The lowest BCUT2D eigenvalue weighted by atomic mass is 10.2. The Hall–Kier alpha value is -2.63. The van der Waals surface area contributed by atoms with E-state index in [1.165, 1.54) is 0 Å². The molecule has 0 spiro atoms. The van der Waals surface area contributed by atoms with Gasteiger partial charge < -0.3 is 4.74 Å². The molecule has 0 aliphatic carbocycles. The second-order valence-corrected chi connectivity index (χ2v) is 5.81. The van der Waals surface area contributed by atoms with Crippen molar-refractivity contribution < 1.29 is 27.1 Å². The van der Waals surface area contributed by atoms with Gasteiger partial charge in [0.1, 0.15) is 0 Å². The molecule has 6 heteroatoms. The molecule has 152 valence electrons. The molecule has 0 radical (unpaired) electrons. The largest absolute Gasteiger partial charge is 0.420 e. The van der Waals surface area contributed by atoms with Crippen molar-refractivity contribution in [3.63, 3.8) is 0 Å². The number of allylic oxidation sites excluding steroid dienone is 8. The Morgan fingerprint density at radius 1 is 0.821 bits per heavy atom. The van der Waals surface area contributed by atoms with E-state index in [2.05, 4.69) is 36.0 Å². The fraction of sp³-hybridized carbons (Fsp3) is 0.318. The molecule has 0 amide bonds. The summed E-state index contributed by atoms with van der Waals surface area (Å²) < 4.78 is 57.3. The Labute approximate surface area is 162 Å². The minimum atomic E-state index is -1.73. The van der Waals surface area contributed by atoms with Gasteiger partial charge in [0, 0.05) is 12.5 Å². The van der Waals surface area contributed by atoms with E-state index in [1.54, 1.807) is 6.08 Å². The molecule has 1 aromatic rings. The number of hydrogen-bond donors (Lipinski definition) is 0. The molecule has 1 rings (SSSR count). The summed E-state index contributed by atoms with van der Waals surface area (Å²) in [5.41, 5.74) is 0. The van der Waals surface area contributed by atoms with E-state index in [0.29, 0.717) is 6.42 Å². The number of hydrogen-bond acceptors (Lipinski definition) is 2. The molecule has 0 aromatic heterocycles. The van der Waals surface area contributed by atoms with Crippen LogP contribution in [0.1, 0.15) is 45.4 Å². The van der Waals surface area contributed by atoms with Gasteiger partial charge in [-0.15, -0.1) is 0 Å². The fourth-order valence-electron chi connectivity index (χ4n) is 2.10. The maximum Gasteiger partial charge on any atom is 0.311 e. The van der Waals surface area contributed by atoms with Crippen LogP contribution in [0.4, 0.5) is 17.6 Å². The Balaban J connectivity index is 2.28. The molecule has 0 bridgehead atoms. The van der Waals surface area contributed by atoms with Crippen LogP contribution in [-0.4, -0.2) is 5.97 Å². The molecular weight excluding hydrogens is 372 g/mol. The molecular formula is C22H24F4O2. The number of ether oxygens (including phenoxy) is 1. The molecule has 0 heterocycles. The van der Waals surface area contributed by atoms with Crippen molar-refractivity contribution in [1.82, 2.24) is 0 Å². The van der Waals surface area contributed by atoms with Crippen molar-refractivity contribution in [2.45, 2.75) is 45.4 Å². The zero-order valence-electron chi connectivity index (χ0n) is 15.8. The predicted molar refractivity (Wildman–Crippen MR) is 102 cm³/mol. The molecule has 28 heavy (non-hydrogen) atoms. The summed E-state index contributed by atoms with van der Waals surface area (Å²) in [7, 11) is 0. The van der Waals surface area contributed by atoms with Crippen LogP contribution >= 0.6 is 0 Å². The summed E-state index contributed by atoms with van der Waals surface area (Å²) >= 11 is 0. The number of esters is 1. The minimum Gasteiger partial charge on any atom is -0.420 e. The van der Waals surface area contributed by atoms with Crippen LogP contribution in [0.25, 0.3) is 0 Å². The van der Waals surface area contributed by atoms with Gasteiger partial charge in [0.25, 0.3) is 0 Å². The summed E-state index contributed by atoms with van der Waals surface area (Å²) in [6.07, 6.45) is 19.5. The molecule has 0 aliphatic heterocycles. The minimum absolute atomic E-state index is 0.0531. The van der Waals surface area contributed by atoms with Crippen LogP contribution < -0.4 is 4.74 Å². The third-order valence-electron chi connectivity index (χ3n) is 3.52. The number of halogens is 4. The van der Waals surface area contributed by atoms with Gasteiger partial charge in [-0.3, -0.25) is 4.79 Å². The number of rotatable bonds is 11. The van der Waals surface area contributed by atoms with Crippen LogP contribution in [0, 0.1) is 23.3 Å². The maximum atomic E-state index is 13.4. The third kappa shape index (κ3) is 8.84. The SMILES string of the molecule is CC/C=C\C/C=C\C/C=C\C/C=C\CCC(=O)Oc1c(F)c(F)cc(F)c1F. The predicted octanol–water partition coefficient (Wildman–Crippen LogP) is 6.73. The molecule has 0 unspecified atom stereocenters. The Morgan fingerprint density at radius 3 is 1.79 bits per heavy atom. The van der Waals surface area contributed by atoms with E-state index in [0.717, 1.165) is 19.3 Å². The zero-order chi connectivity index (χ0) is 20.8. The van der Waals surface area contributed by atoms with Gasteiger partial charge in [-0.1, -0.05) is 55.5 Å². The molecule has 0 atom stereocenters. The highest BCUT2D eigenvalue weighted by molar-refractivity contribution is 5.72. The molecule has 0 saturated heterocycles. The van der Waals surface area contributed by atoms with Gasteiger partial charge >= 0.3 is 5.97 Å². The van der Waals surface area contributed by atoms with Gasteiger partial charge in [-0.25, -0.2) is 8.78 Å². The second-order valence-electron chi connectivity index (χ2n) is 5.81. The van der Waals surface area contributed by atoms with Crippen LogP contribution in [0.15, 0.2) is 54.7 Å². The Bertz CT molecular complexity index is 723. The van der Waals surface area contributed by atoms with E-state index >= 15 is 0 Å². The monoisotopic (exact) mass is 396 g/mol. The van der Waals surface area contributed by atoms with Gasteiger partial charge in [-0.2, -0.15) is 8.78 Å². The summed E-state index contributed by atoms with van der Waals surface area (Å²) in [6.45, 7) is 2.09. The average molecular weight is 396 g/mol. The van der Waals surface area contributed by atoms with Crippen LogP contribution in [0.3, 0.4) is 0 Å². The van der Waals surface area contributed by atoms with Crippen molar-refractivity contribution in [3.8, 4) is 5.75 Å². The topological polar surface area (TPSA) is 26.3 Å². The summed E-state index contributed by atoms with van der Waals surface area (Å²) in [6, 6.07) is 0.0531. The zero-order valence-corrected chi connectivity index (χ0v) is 15.8. The lowest BCUT2D eigenvalue weighted by molar-refractivity contribution is -0.134. The average Bonchev–Trinajstić information content (AvgIpc) is 2.67. The van der Waals surface area contributed by atoms with Crippen LogP contribution in [-0.2, 0) is 4.79 Å². The fourth-order valence-corrected chi connectivity index (χ4v) is 2.10. The molecule has 1 aromatic carbocycles. The van der Waals surface area contributed by atoms with Gasteiger partial charge in [-0.05, 0) is 32.1 Å². The smallest absolute Gasteiger partial charge is 0.311 e. The van der Waals surface area contributed by atoms with Gasteiger partial charge in [0.05, 0.1) is 0 Å².